The summed E-state index contributed by atoms with van der Waals surface area (Å²) in [5.41, 5.74) is 6.78. The molecule has 0 amide bonds. The van der Waals surface area contributed by atoms with Crippen molar-refractivity contribution in [3.63, 3.8) is 0 Å². The molecule has 0 aliphatic carbocycles. The first-order valence-electron chi connectivity index (χ1n) is 6.12. The second-order valence-electron chi connectivity index (χ2n) is 4.18. The molecule has 94 valence electrons. The van der Waals surface area contributed by atoms with E-state index < -0.39 is 0 Å². The molecule has 3 N–H and O–H groups in total. The lowest BCUT2D eigenvalue weighted by Crippen LogP contribution is -2.19. The first-order valence-corrected chi connectivity index (χ1v) is 6.12. The van der Waals surface area contributed by atoms with Crippen LogP contribution >= 0.6 is 0 Å². The van der Waals surface area contributed by atoms with Crippen molar-refractivity contribution in [2.75, 3.05) is 26.8 Å². The number of rotatable bonds is 5. The normalized spacial score (nSPS) is 15.6. The van der Waals surface area contributed by atoms with Crippen molar-refractivity contribution in [2.45, 2.75) is 18.9 Å². The quantitative estimate of drug-likeness (QED) is 0.812. The molecule has 1 aliphatic rings. The smallest absolute Gasteiger partial charge is 0.161 e. The van der Waals surface area contributed by atoms with Gasteiger partial charge in [0.05, 0.1) is 0 Å². The molecular formula is C13H20N2O2. The van der Waals surface area contributed by atoms with Gasteiger partial charge < -0.3 is 20.5 Å². The summed E-state index contributed by atoms with van der Waals surface area (Å²) in [6, 6.07) is 6.46. The topological polar surface area (TPSA) is 56.5 Å². The van der Waals surface area contributed by atoms with Gasteiger partial charge in [-0.2, -0.15) is 0 Å². The average molecular weight is 236 g/mol. The van der Waals surface area contributed by atoms with Gasteiger partial charge in [-0.05, 0) is 44.1 Å². The Labute approximate surface area is 102 Å². The molecule has 1 aromatic carbocycles. The Hall–Kier alpha value is -1.26. The largest absolute Gasteiger partial charge is 0.486 e. The molecule has 1 atom stereocenters. The standard InChI is InChI=1S/C13H20N2O2/c1-15-11(3-2-6-14)10-4-5-12-13(9-10)17-8-7-16-12/h4-5,9,11,15H,2-3,6-8,14H2,1H3. The maximum Gasteiger partial charge on any atom is 0.161 e. The highest BCUT2D eigenvalue weighted by atomic mass is 16.6. The highest BCUT2D eigenvalue weighted by molar-refractivity contribution is 5.44. The van der Waals surface area contributed by atoms with Gasteiger partial charge in [-0.3, -0.25) is 0 Å². The Balaban J connectivity index is 2.13. The molecule has 1 heterocycles. The first kappa shape index (κ1) is 12.2. The van der Waals surface area contributed by atoms with Crippen LogP contribution < -0.4 is 20.5 Å². The van der Waals surface area contributed by atoms with Crippen molar-refractivity contribution >= 4 is 0 Å². The zero-order valence-corrected chi connectivity index (χ0v) is 10.2. The van der Waals surface area contributed by atoms with E-state index in [-0.39, 0.29) is 0 Å². The fourth-order valence-electron chi connectivity index (χ4n) is 2.08. The summed E-state index contributed by atoms with van der Waals surface area (Å²) in [6.45, 7) is 1.99. The van der Waals surface area contributed by atoms with E-state index in [1.54, 1.807) is 0 Å². The van der Waals surface area contributed by atoms with Gasteiger partial charge in [0.25, 0.3) is 0 Å². The predicted molar refractivity (Wildman–Crippen MR) is 67.5 cm³/mol. The first-order chi connectivity index (χ1) is 8.35. The fourth-order valence-corrected chi connectivity index (χ4v) is 2.08. The monoisotopic (exact) mass is 236 g/mol. The number of hydrogen-bond donors (Lipinski definition) is 2. The molecule has 4 nitrogen and oxygen atoms in total. The van der Waals surface area contributed by atoms with Gasteiger partial charge in [0.15, 0.2) is 11.5 Å². The Morgan fingerprint density at radius 1 is 1.29 bits per heavy atom. The van der Waals surface area contributed by atoms with E-state index in [1.165, 1.54) is 5.56 Å². The maximum absolute atomic E-state index is 5.59. The lowest BCUT2D eigenvalue weighted by atomic mass is 10.0. The lowest BCUT2D eigenvalue weighted by molar-refractivity contribution is 0.171. The second-order valence-corrected chi connectivity index (χ2v) is 4.18. The van der Waals surface area contributed by atoms with Crippen LogP contribution in [0.3, 0.4) is 0 Å². The summed E-state index contributed by atoms with van der Waals surface area (Å²) in [4.78, 5) is 0. The van der Waals surface area contributed by atoms with Crippen molar-refractivity contribution in [3.8, 4) is 11.5 Å². The predicted octanol–water partition coefficient (Wildman–Crippen LogP) is 1.46. The Morgan fingerprint density at radius 3 is 2.76 bits per heavy atom. The molecule has 1 aromatic rings. The average Bonchev–Trinajstić information content (AvgIpc) is 2.39. The number of hydrogen-bond acceptors (Lipinski definition) is 4. The zero-order chi connectivity index (χ0) is 12.1. The van der Waals surface area contributed by atoms with E-state index in [2.05, 4.69) is 17.4 Å². The molecular weight excluding hydrogens is 216 g/mol. The maximum atomic E-state index is 5.59. The van der Waals surface area contributed by atoms with Crippen LogP contribution in [0.2, 0.25) is 0 Å². The van der Waals surface area contributed by atoms with Crippen LogP contribution in [0.4, 0.5) is 0 Å². The Morgan fingerprint density at radius 2 is 2.06 bits per heavy atom. The van der Waals surface area contributed by atoms with Crippen molar-refractivity contribution in [1.29, 1.82) is 0 Å². The minimum absolute atomic E-state index is 0.328. The van der Waals surface area contributed by atoms with Crippen LogP contribution in [0.25, 0.3) is 0 Å². The van der Waals surface area contributed by atoms with E-state index in [1.807, 2.05) is 13.1 Å². The van der Waals surface area contributed by atoms with Crippen LogP contribution in [-0.4, -0.2) is 26.8 Å². The molecule has 1 aliphatic heterocycles. The Kier molecular flexibility index (Phi) is 4.23. The molecule has 1 unspecified atom stereocenters. The third-order valence-electron chi connectivity index (χ3n) is 3.01. The van der Waals surface area contributed by atoms with Gasteiger partial charge in [-0.25, -0.2) is 0 Å². The minimum atomic E-state index is 0.328. The van der Waals surface area contributed by atoms with Gasteiger partial charge in [0, 0.05) is 6.04 Å². The lowest BCUT2D eigenvalue weighted by Gasteiger charge is -2.22. The third kappa shape index (κ3) is 2.90. The molecule has 4 heteroatoms. The van der Waals surface area contributed by atoms with Gasteiger partial charge in [-0.15, -0.1) is 0 Å². The molecule has 0 spiro atoms. The fraction of sp³-hybridized carbons (Fsp3) is 0.538. The molecule has 2 rings (SSSR count). The summed E-state index contributed by atoms with van der Waals surface area (Å²) >= 11 is 0. The van der Waals surface area contributed by atoms with Crippen molar-refractivity contribution < 1.29 is 9.47 Å². The molecule has 0 bridgehead atoms. The van der Waals surface area contributed by atoms with Crippen LogP contribution in [0, 0.1) is 0 Å². The number of ether oxygens (including phenoxy) is 2. The van der Waals surface area contributed by atoms with E-state index in [9.17, 15) is 0 Å². The van der Waals surface area contributed by atoms with Crippen molar-refractivity contribution in [1.82, 2.24) is 5.32 Å². The number of benzene rings is 1. The van der Waals surface area contributed by atoms with Gasteiger partial charge in [-0.1, -0.05) is 6.07 Å². The van der Waals surface area contributed by atoms with E-state index in [4.69, 9.17) is 15.2 Å². The molecule has 17 heavy (non-hydrogen) atoms. The van der Waals surface area contributed by atoms with Gasteiger partial charge in [0.2, 0.25) is 0 Å². The molecule has 0 saturated heterocycles. The summed E-state index contributed by atoms with van der Waals surface area (Å²) in [5, 5.41) is 3.31. The van der Waals surface area contributed by atoms with Crippen LogP contribution in [-0.2, 0) is 0 Å². The highest BCUT2D eigenvalue weighted by Crippen LogP contribution is 2.33. The summed E-state index contributed by atoms with van der Waals surface area (Å²) < 4.78 is 11.1. The molecule has 0 radical (unpaired) electrons. The summed E-state index contributed by atoms with van der Waals surface area (Å²) in [5.74, 6) is 1.69. The van der Waals surface area contributed by atoms with Crippen LogP contribution in [0.15, 0.2) is 18.2 Å². The summed E-state index contributed by atoms with van der Waals surface area (Å²) in [7, 11) is 1.97. The SMILES string of the molecule is CNC(CCCN)c1ccc2c(c1)OCCO2. The van der Waals surface area contributed by atoms with Crippen LogP contribution in [0.5, 0.6) is 11.5 Å². The van der Waals surface area contributed by atoms with E-state index in [0.29, 0.717) is 19.3 Å². The van der Waals surface area contributed by atoms with Gasteiger partial charge in [0.1, 0.15) is 13.2 Å². The van der Waals surface area contributed by atoms with Crippen molar-refractivity contribution in [3.05, 3.63) is 23.8 Å². The number of nitrogens with one attached hydrogen (secondary N) is 1. The molecule has 0 fully saturated rings. The molecule has 0 saturated carbocycles. The zero-order valence-electron chi connectivity index (χ0n) is 10.2. The number of nitrogens with two attached hydrogens (primary N) is 1. The van der Waals surface area contributed by atoms with E-state index in [0.717, 1.165) is 30.9 Å². The van der Waals surface area contributed by atoms with Crippen LogP contribution in [0.1, 0.15) is 24.4 Å². The molecule has 0 aromatic heterocycles. The van der Waals surface area contributed by atoms with Crippen molar-refractivity contribution in [2.24, 2.45) is 5.73 Å². The minimum Gasteiger partial charge on any atom is -0.486 e. The second kappa shape index (κ2) is 5.89. The van der Waals surface area contributed by atoms with E-state index >= 15 is 0 Å². The number of fused-ring (bicyclic) bond motifs is 1. The summed E-state index contributed by atoms with van der Waals surface area (Å²) in [6.07, 6.45) is 2.05. The Bertz CT molecular complexity index is 368. The third-order valence-corrected chi connectivity index (χ3v) is 3.01. The highest BCUT2D eigenvalue weighted by Gasteiger charge is 2.15. The van der Waals surface area contributed by atoms with Gasteiger partial charge >= 0.3 is 0 Å².